The number of hydrogen-bond acceptors (Lipinski definition) is 2. The van der Waals surface area contributed by atoms with E-state index in [9.17, 15) is 0 Å². The second-order valence-electron chi connectivity index (χ2n) is 3.46. The van der Waals surface area contributed by atoms with Crippen LogP contribution in [-0.4, -0.2) is 4.37 Å². The van der Waals surface area contributed by atoms with E-state index in [1.54, 1.807) is 11.5 Å². The molecule has 0 unspecified atom stereocenters. The molecule has 0 bridgehead atoms. The average molecular weight is 199 g/mol. The second kappa shape index (κ2) is 6.14. The average Bonchev–Trinajstić information content (AvgIpc) is 2.55. The molecule has 0 radical (unpaired) electrons. The molecule has 1 nitrogen and oxygen atoms in total. The van der Waals surface area contributed by atoms with Gasteiger partial charge in [-0.1, -0.05) is 41.5 Å². The van der Waals surface area contributed by atoms with Gasteiger partial charge in [-0.25, -0.2) is 0 Å². The van der Waals surface area contributed by atoms with Crippen molar-refractivity contribution in [2.24, 2.45) is 0 Å². The number of hydrogen-bond donors (Lipinski definition) is 0. The zero-order valence-corrected chi connectivity index (χ0v) is 10.4. The summed E-state index contributed by atoms with van der Waals surface area (Å²) in [7, 11) is 0. The van der Waals surface area contributed by atoms with Gasteiger partial charge in [0.2, 0.25) is 0 Å². The summed E-state index contributed by atoms with van der Waals surface area (Å²) in [5, 5.41) is 2.17. The molecule has 0 saturated carbocycles. The van der Waals surface area contributed by atoms with Crippen LogP contribution in [0.25, 0.3) is 0 Å². The standard InChI is InChI=1S/C9H15NS.C2H6/c1-6(2)8-5-11-10-9(8)7(3)4;1-2/h5-7H,1-4H3;1-2H3. The van der Waals surface area contributed by atoms with E-state index in [0.717, 1.165) is 0 Å². The molecule has 0 spiro atoms. The van der Waals surface area contributed by atoms with Crippen LogP contribution in [0, 0.1) is 0 Å². The molecule has 0 aliphatic heterocycles. The Kier molecular flexibility index (Phi) is 5.97. The van der Waals surface area contributed by atoms with Gasteiger partial charge >= 0.3 is 0 Å². The molecule has 0 amide bonds. The SMILES string of the molecule is CC.CC(C)c1csnc1C(C)C. The van der Waals surface area contributed by atoms with Crippen LogP contribution in [0.15, 0.2) is 5.38 Å². The van der Waals surface area contributed by atoms with Crippen LogP contribution in [0.1, 0.15) is 64.6 Å². The van der Waals surface area contributed by atoms with Crippen LogP contribution in [0.2, 0.25) is 0 Å². The monoisotopic (exact) mass is 199 g/mol. The third-order valence-electron chi connectivity index (χ3n) is 1.80. The molecule has 2 heteroatoms. The Labute approximate surface area is 86.4 Å². The van der Waals surface area contributed by atoms with Crippen molar-refractivity contribution in [3.63, 3.8) is 0 Å². The van der Waals surface area contributed by atoms with Crippen molar-refractivity contribution in [2.45, 2.75) is 53.4 Å². The van der Waals surface area contributed by atoms with Gasteiger partial charge in [-0.3, -0.25) is 0 Å². The second-order valence-corrected chi connectivity index (χ2v) is 4.09. The lowest BCUT2D eigenvalue weighted by Gasteiger charge is -2.07. The predicted molar refractivity (Wildman–Crippen MR) is 61.6 cm³/mol. The topological polar surface area (TPSA) is 12.9 Å². The summed E-state index contributed by atoms with van der Waals surface area (Å²) >= 11 is 1.57. The van der Waals surface area contributed by atoms with Gasteiger partial charge in [-0.2, -0.15) is 4.37 Å². The number of rotatable bonds is 2. The van der Waals surface area contributed by atoms with E-state index in [4.69, 9.17) is 0 Å². The number of nitrogens with zero attached hydrogens (tertiary/aromatic N) is 1. The van der Waals surface area contributed by atoms with Crippen LogP contribution in [0.4, 0.5) is 0 Å². The van der Waals surface area contributed by atoms with Gasteiger partial charge in [0.25, 0.3) is 0 Å². The van der Waals surface area contributed by atoms with E-state index in [-0.39, 0.29) is 0 Å². The third kappa shape index (κ3) is 3.47. The Balaban J connectivity index is 0.000000671. The molecule has 0 aliphatic carbocycles. The fourth-order valence-corrected chi connectivity index (χ4v) is 2.11. The highest BCUT2D eigenvalue weighted by molar-refractivity contribution is 7.03. The van der Waals surface area contributed by atoms with Crippen molar-refractivity contribution in [3.8, 4) is 0 Å². The van der Waals surface area contributed by atoms with Crippen molar-refractivity contribution < 1.29 is 0 Å². The zero-order valence-electron chi connectivity index (χ0n) is 9.59. The fraction of sp³-hybridized carbons (Fsp3) is 0.727. The van der Waals surface area contributed by atoms with Gasteiger partial charge in [0.15, 0.2) is 0 Å². The van der Waals surface area contributed by atoms with Crippen molar-refractivity contribution in [3.05, 3.63) is 16.6 Å². The van der Waals surface area contributed by atoms with Gasteiger partial charge in [0, 0.05) is 5.38 Å². The minimum absolute atomic E-state index is 0.568. The van der Waals surface area contributed by atoms with Gasteiger partial charge in [0.05, 0.1) is 5.69 Å². The summed E-state index contributed by atoms with van der Waals surface area (Å²) in [6.07, 6.45) is 0. The minimum Gasteiger partial charge on any atom is -0.197 e. The molecule has 1 rings (SSSR count). The van der Waals surface area contributed by atoms with Gasteiger partial charge < -0.3 is 0 Å². The van der Waals surface area contributed by atoms with Crippen molar-refractivity contribution in [1.82, 2.24) is 4.37 Å². The van der Waals surface area contributed by atoms with Crippen LogP contribution < -0.4 is 0 Å². The molecule has 1 aromatic heterocycles. The van der Waals surface area contributed by atoms with E-state index >= 15 is 0 Å². The molecule has 0 saturated heterocycles. The first-order chi connectivity index (χ1) is 6.13. The lowest BCUT2D eigenvalue weighted by Crippen LogP contribution is -1.95. The van der Waals surface area contributed by atoms with Crippen molar-refractivity contribution in [2.75, 3.05) is 0 Å². The summed E-state index contributed by atoms with van der Waals surface area (Å²) in [6, 6.07) is 0. The van der Waals surface area contributed by atoms with Crippen LogP contribution in [-0.2, 0) is 0 Å². The molecule has 0 fully saturated rings. The van der Waals surface area contributed by atoms with E-state index < -0.39 is 0 Å². The maximum absolute atomic E-state index is 4.38. The fourth-order valence-electron chi connectivity index (χ4n) is 1.12. The van der Waals surface area contributed by atoms with Crippen molar-refractivity contribution in [1.29, 1.82) is 0 Å². The Bertz CT molecular complexity index is 203. The number of aromatic nitrogens is 1. The molecular weight excluding hydrogens is 178 g/mol. The third-order valence-corrected chi connectivity index (χ3v) is 2.46. The maximum Gasteiger partial charge on any atom is 0.0602 e. The largest absolute Gasteiger partial charge is 0.197 e. The van der Waals surface area contributed by atoms with E-state index in [0.29, 0.717) is 11.8 Å². The molecule has 0 aromatic carbocycles. The van der Waals surface area contributed by atoms with Gasteiger partial charge in [-0.05, 0) is 28.9 Å². The Morgan fingerprint density at radius 3 is 1.92 bits per heavy atom. The smallest absolute Gasteiger partial charge is 0.0602 e. The molecule has 13 heavy (non-hydrogen) atoms. The van der Waals surface area contributed by atoms with Crippen LogP contribution in [0.5, 0.6) is 0 Å². The lowest BCUT2D eigenvalue weighted by atomic mass is 9.98. The molecule has 0 aliphatic rings. The zero-order chi connectivity index (χ0) is 10.4. The van der Waals surface area contributed by atoms with E-state index in [1.165, 1.54) is 11.3 Å². The summed E-state index contributed by atoms with van der Waals surface area (Å²) in [5.74, 6) is 1.18. The van der Waals surface area contributed by atoms with E-state index in [2.05, 4.69) is 37.4 Å². The van der Waals surface area contributed by atoms with Crippen LogP contribution in [0.3, 0.4) is 0 Å². The first-order valence-electron chi connectivity index (χ1n) is 5.07. The first-order valence-corrected chi connectivity index (χ1v) is 5.90. The predicted octanol–water partition coefficient (Wildman–Crippen LogP) is 4.42. The molecule has 1 heterocycles. The summed E-state index contributed by atoms with van der Waals surface area (Å²) in [6.45, 7) is 12.8. The molecule has 0 N–H and O–H groups in total. The highest BCUT2D eigenvalue weighted by atomic mass is 32.1. The van der Waals surface area contributed by atoms with E-state index in [1.807, 2.05) is 13.8 Å². The first kappa shape index (κ1) is 12.6. The Hall–Kier alpha value is -0.370. The lowest BCUT2D eigenvalue weighted by molar-refractivity contribution is 0.776. The quantitative estimate of drug-likeness (QED) is 0.687. The molecule has 0 atom stereocenters. The molecule has 76 valence electrons. The highest BCUT2D eigenvalue weighted by Crippen LogP contribution is 2.26. The summed E-state index contributed by atoms with van der Waals surface area (Å²) < 4.78 is 4.38. The maximum atomic E-state index is 4.38. The Morgan fingerprint density at radius 1 is 1.08 bits per heavy atom. The minimum atomic E-state index is 0.568. The van der Waals surface area contributed by atoms with Crippen molar-refractivity contribution >= 4 is 11.5 Å². The van der Waals surface area contributed by atoms with Crippen LogP contribution >= 0.6 is 11.5 Å². The van der Waals surface area contributed by atoms with Gasteiger partial charge in [-0.15, -0.1) is 0 Å². The Morgan fingerprint density at radius 2 is 1.62 bits per heavy atom. The molecule has 1 aromatic rings. The summed E-state index contributed by atoms with van der Waals surface area (Å²) in [5.41, 5.74) is 2.70. The highest BCUT2D eigenvalue weighted by Gasteiger charge is 2.11. The van der Waals surface area contributed by atoms with Gasteiger partial charge in [0.1, 0.15) is 0 Å². The summed E-state index contributed by atoms with van der Waals surface area (Å²) in [4.78, 5) is 0. The normalized spacial score (nSPS) is 10.2. The molecular formula is C11H21NS.